The van der Waals surface area contributed by atoms with Crippen LogP contribution in [0.25, 0.3) is 0 Å². The SMILES string of the molecule is C=C/C=C(C(=O)NCC)\C(=C/C)CO.CC. The number of aliphatic hydroxyl groups is 1. The second kappa shape index (κ2) is 11.7. The summed E-state index contributed by atoms with van der Waals surface area (Å²) in [6.45, 7) is 11.6. The minimum atomic E-state index is -0.186. The van der Waals surface area contributed by atoms with Gasteiger partial charge in [0.05, 0.1) is 6.61 Å². The Bertz CT molecular complexity index is 265. The number of hydrogen-bond acceptors (Lipinski definition) is 2. The highest BCUT2D eigenvalue weighted by molar-refractivity contribution is 5.98. The molecule has 0 heterocycles. The van der Waals surface area contributed by atoms with Gasteiger partial charge in [-0.1, -0.05) is 32.6 Å². The average molecular weight is 225 g/mol. The molecule has 0 spiro atoms. The lowest BCUT2D eigenvalue weighted by atomic mass is 10.1. The molecule has 0 aromatic rings. The molecule has 0 radical (unpaired) electrons. The molecule has 0 aliphatic carbocycles. The fourth-order valence-electron chi connectivity index (χ4n) is 1.03. The third-order valence-corrected chi connectivity index (χ3v) is 1.73. The molecule has 0 saturated carbocycles. The van der Waals surface area contributed by atoms with Crippen LogP contribution in [-0.4, -0.2) is 24.2 Å². The summed E-state index contributed by atoms with van der Waals surface area (Å²) >= 11 is 0. The largest absolute Gasteiger partial charge is 0.392 e. The van der Waals surface area contributed by atoms with E-state index in [0.29, 0.717) is 17.7 Å². The smallest absolute Gasteiger partial charge is 0.251 e. The zero-order valence-corrected chi connectivity index (χ0v) is 10.7. The van der Waals surface area contributed by atoms with E-state index in [-0.39, 0.29) is 12.5 Å². The van der Waals surface area contributed by atoms with E-state index in [9.17, 15) is 4.79 Å². The predicted molar refractivity (Wildman–Crippen MR) is 69.2 cm³/mol. The molecular formula is C13H23NO2. The van der Waals surface area contributed by atoms with Gasteiger partial charge in [0.25, 0.3) is 5.91 Å². The van der Waals surface area contributed by atoms with Crippen molar-refractivity contribution in [3.8, 4) is 0 Å². The Morgan fingerprint density at radius 1 is 1.44 bits per heavy atom. The molecule has 0 atom stereocenters. The fraction of sp³-hybridized carbons (Fsp3) is 0.462. The second-order valence-electron chi connectivity index (χ2n) is 2.65. The summed E-state index contributed by atoms with van der Waals surface area (Å²) in [6.07, 6.45) is 4.84. The van der Waals surface area contributed by atoms with Crippen molar-refractivity contribution in [2.24, 2.45) is 0 Å². The molecule has 0 aliphatic rings. The molecule has 0 unspecified atom stereocenters. The molecule has 3 heteroatoms. The van der Waals surface area contributed by atoms with E-state index in [0.717, 1.165) is 0 Å². The predicted octanol–water partition coefficient (Wildman–Crippen LogP) is 2.20. The quantitative estimate of drug-likeness (QED) is 0.556. The van der Waals surface area contributed by atoms with E-state index < -0.39 is 0 Å². The third-order valence-electron chi connectivity index (χ3n) is 1.73. The fourth-order valence-corrected chi connectivity index (χ4v) is 1.03. The lowest BCUT2D eigenvalue weighted by Gasteiger charge is -2.08. The molecule has 92 valence electrons. The highest BCUT2D eigenvalue weighted by Gasteiger charge is 2.10. The Balaban J connectivity index is 0. The van der Waals surface area contributed by atoms with Gasteiger partial charge in [-0.3, -0.25) is 4.79 Å². The Morgan fingerprint density at radius 3 is 2.31 bits per heavy atom. The first-order valence-corrected chi connectivity index (χ1v) is 5.58. The molecule has 2 N–H and O–H groups in total. The number of allylic oxidation sites excluding steroid dienone is 3. The highest BCUT2D eigenvalue weighted by atomic mass is 16.3. The third kappa shape index (κ3) is 6.19. The molecule has 3 nitrogen and oxygen atoms in total. The monoisotopic (exact) mass is 225 g/mol. The number of aliphatic hydroxyl groups excluding tert-OH is 1. The van der Waals surface area contributed by atoms with Crippen molar-refractivity contribution in [1.82, 2.24) is 5.32 Å². The van der Waals surface area contributed by atoms with Crippen molar-refractivity contribution in [2.75, 3.05) is 13.2 Å². The van der Waals surface area contributed by atoms with Crippen LogP contribution in [0.5, 0.6) is 0 Å². The van der Waals surface area contributed by atoms with Gasteiger partial charge >= 0.3 is 0 Å². The Morgan fingerprint density at radius 2 is 2.00 bits per heavy atom. The van der Waals surface area contributed by atoms with Crippen molar-refractivity contribution in [1.29, 1.82) is 0 Å². The topological polar surface area (TPSA) is 49.3 Å². The Hall–Kier alpha value is -1.35. The van der Waals surface area contributed by atoms with Crippen molar-refractivity contribution in [3.05, 3.63) is 36.0 Å². The number of hydrogen-bond donors (Lipinski definition) is 2. The second-order valence-corrected chi connectivity index (χ2v) is 2.65. The minimum Gasteiger partial charge on any atom is -0.392 e. The highest BCUT2D eigenvalue weighted by Crippen LogP contribution is 2.09. The number of nitrogens with one attached hydrogen (secondary N) is 1. The first-order valence-electron chi connectivity index (χ1n) is 5.58. The van der Waals surface area contributed by atoms with E-state index >= 15 is 0 Å². The maximum atomic E-state index is 11.5. The summed E-state index contributed by atoms with van der Waals surface area (Å²) in [7, 11) is 0. The van der Waals surface area contributed by atoms with Crippen LogP contribution in [0.15, 0.2) is 36.0 Å². The summed E-state index contributed by atoms with van der Waals surface area (Å²) in [4.78, 5) is 11.5. The number of carbonyl (C=O) groups is 1. The van der Waals surface area contributed by atoms with Gasteiger partial charge < -0.3 is 10.4 Å². The molecular weight excluding hydrogens is 202 g/mol. The molecule has 0 aromatic carbocycles. The molecule has 0 aliphatic heterocycles. The Kier molecular flexibility index (Phi) is 12.5. The number of rotatable bonds is 5. The lowest BCUT2D eigenvalue weighted by Crippen LogP contribution is -2.25. The summed E-state index contributed by atoms with van der Waals surface area (Å²) in [6, 6.07) is 0. The van der Waals surface area contributed by atoms with E-state index in [4.69, 9.17) is 5.11 Å². The number of carbonyl (C=O) groups excluding carboxylic acids is 1. The standard InChI is InChI=1S/C11H17NO2.C2H6/c1-4-7-10(9(5-2)8-13)11(14)12-6-3;1-2/h4-5,7,13H,1,6,8H2,2-3H3,(H,12,14);1-2H3/b9-5-,10-7+;. The van der Waals surface area contributed by atoms with Crippen molar-refractivity contribution >= 4 is 5.91 Å². The Labute approximate surface area is 98.6 Å². The van der Waals surface area contributed by atoms with Gasteiger partial charge in [0, 0.05) is 12.1 Å². The van der Waals surface area contributed by atoms with E-state index in [2.05, 4.69) is 11.9 Å². The van der Waals surface area contributed by atoms with Crippen LogP contribution >= 0.6 is 0 Å². The van der Waals surface area contributed by atoms with Crippen LogP contribution < -0.4 is 5.32 Å². The van der Waals surface area contributed by atoms with E-state index in [1.165, 1.54) is 6.08 Å². The van der Waals surface area contributed by atoms with Gasteiger partial charge in [-0.25, -0.2) is 0 Å². The molecule has 0 aromatic heterocycles. The average Bonchev–Trinajstić information content (AvgIpc) is 2.32. The van der Waals surface area contributed by atoms with Crippen LogP contribution in [-0.2, 0) is 4.79 Å². The van der Waals surface area contributed by atoms with Crippen LogP contribution in [0.1, 0.15) is 27.7 Å². The van der Waals surface area contributed by atoms with Crippen LogP contribution in [0.4, 0.5) is 0 Å². The molecule has 0 saturated heterocycles. The normalized spacial score (nSPS) is 11.3. The van der Waals surface area contributed by atoms with Crippen molar-refractivity contribution in [3.63, 3.8) is 0 Å². The zero-order chi connectivity index (χ0) is 13.0. The first kappa shape index (κ1) is 17.1. The van der Waals surface area contributed by atoms with Gasteiger partial charge in [-0.15, -0.1) is 0 Å². The van der Waals surface area contributed by atoms with Gasteiger partial charge in [0.2, 0.25) is 0 Å². The molecule has 0 bridgehead atoms. The van der Waals surface area contributed by atoms with Gasteiger partial charge in [-0.2, -0.15) is 0 Å². The first-order chi connectivity index (χ1) is 7.71. The maximum absolute atomic E-state index is 11.5. The number of likely N-dealkylation sites (N-methyl/N-ethyl adjacent to an activating group) is 1. The van der Waals surface area contributed by atoms with E-state index in [1.807, 2.05) is 20.8 Å². The van der Waals surface area contributed by atoms with Gasteiger partial charge in [0.1, 0.15) is 0 Å². The van der Waals surface area contributed by atoms with Crippen molar-refractivity contribution < 1.29 is 9.90 Å². The van der Waals surface area contributed by atoms with Crippen LogP contribution in [0.3, 0.4) is 0 Å². The zero-order valence-electron chi connectivity index (χ0n) is 10.7. The minimum absolute atomic E-state index is 0.146. The lowest BCUT2D eigenvalue weighted by molar-refractivity contribution is -0.117. The molecule has 0 rings (SSSR count). The summed E-state index contributed by atoms with van der Waals surface area (Å²) < 4.78 is 0. The van der Waals surface area contributed by atoms with Gasteiger partial charge in [-0.05, 0) is 25.5 Å². The van der Waals surface area contributed by atoms with Crippen molar-refractivity contribution in [2.45, 2.75) is 27.7 Å². The summed E-state index contributed by atoms with van der Waals surface area (Å²) in [5, 5.41) is 11.7. The summed E-state index contributed by atoms with van der Waals surface area (Å²) in [5.74, 6) is -0.186. The van der Waals surface area contributed by atoms with Crippen LogP contribution in [0.2, 0.25) is 0 Å². The molecule has 16 heavy (non-hydrogen) atoms. The molecule has 0 fully saturated rings. The van der Waals surface area contributed by atoms with Gasteiger partial charge in [0.15, 0.2) is 0 Å². The molecule has 1 amide bonds. The maximum Gasteiger partial charge on any atom is 0.251 e. The number of amides is 1. The van der Waals surface area contributed by atoms with Crippen LogP contribution in [0, 0.1) is 0 Å². The summed E-state index contributed by atoms with van der Waals surface area (Å²) in [5.41, 5.74) is 1.07. The van der Waals surface area contributed by atoms with E-state index in [1.54, 1.807) is 19.1 Å².